The number of halogens is 1. The Labute approximate surface area is 109 Å². The van der Waals surface area contributed by atoms with E-state index in [9.17, 15) is 13.2 Å². The molecule has 2 rings (SSSR count). The Bertz CT molecular complexity index is 444. The second-order valence-corrected chi connectivity index (χ2v) is 7.88. The molecule has 2 aliphatic rings. The molecule has 0 radical (unpaired) electrons. The summed E-state index contributed by atoms with van der Waals surface area (Å²) >= 11 is 3.35. The molecule has 7 heteroatoms. The molecule has 2 unspecified atom stereocenters. The first-order valence-corrected chi connectivity index (χ1v) is 7.78. The summed E-state index contributed by atoms with van der Waals surface area (Å²) in [6.07, 6.45) is 1.40. The summed E-state index contributed by atoms with van der Waals surface area (Å²) in [5.74, 6) is -0.335. The lowest BCUT2D eigenvalue weighted by atomic mass is 9.70. The summed E-state index contributed by atoms with van der Waals surface area (Å²) in [6.45, 7) is 3.85. The van der Waals surface area contributed by atoms with Crippen molar-refractivity contribution in [2.45, 2.75) is 31.5 Å². The van der Waals surface area contributed by atoms with E-state index in [2.05, 4.69) is 15.9 Å². The maximum Gasteiger partial charge on any atom is 0.265 e. The first-order chi connectivity index (χ1) is 7.12. The Balaban J connectivity index is 0.00000144. The van der Waals surface area contributed by atoms with Crippen LogP contribution in [0.4, 0.5) is 0 Å². The van der Waals surface area contributed by atoms with Crippen molar-refractivity contribution in [3.8, 4) is 0 Å². The molecule has 2 fully saturated rings. The predicted molar refractivity (Wildman–Crippen MR) is 66.7 cm³/mol. The van der Waals surface area contributed by atoms with E-state index < -0.39 is 21.3 Å². The number of alkyl halides is 1. The number of fused-ring (bicyclic) bond motifs is 2. The van der Waals surface area contributed by atoms with Crippen LogP contribution in [0.3, 0.4) is 0 Å². The molecule has 0 aromatic rings. The summed E-state index contributed by atoms with van der Waals surface area (Å²) in [6, 6.07) is 0. The van der Waals surface area contributed by atoms with Crippen LogP contribution in [0.5, 0.6) is 0 Å². The summed E-state index contributed by atoms with van der Waals surface area (Å²) in [5.41, 5.74) is -1.27. The largest absolute Gasteiger partial charge is 0.412 e. The molecule has 3 atom stereocenters. The predicted octanol–water partition coefficient (Wildman–Crippen LogP) is 0.818. The number of Topliss-reactive ketones (excluding diaryl/α,β-unsaturated/α-hetero) is 1. The van der Waals surface area contributed by atoms with Crippen molar-refractivity contribution in [3.05, 3.63) is 0 Å². The Hall–Kier alpha value is 0.0200. The monoisotopic (exact) mass is 328 g/mol. The van der Waals surface area contributed by atoms with Crippen LogP contribution in [-0.4, -0.2) is 34.8 Å². The molecule has 2 bridgehead atoms. The lowest BCUT2D eigenvalue weighted by Gasteiger charge is -2.35. The van der Waals surface area contributed by atoms with E-state index in [4.69, 9.17) is 4.55 Å². The fraction of sp³-hybridized carbons (Fsp3) is 0.900. The fourth-order valence-corrected chi connectivity index (χ4v) is 6.12. The van der Waals surface area contributed by atoms with Gasteiger partial charge in [0, 0.05) is 0 Å². The van der Waals surface area contributed by atoms with Gasteiger partial charge in [-0.3, -0.25) is 9.35 Å². The van der Waals surface area contributed by atoms with Gasteiger partial charge in [-0.15, -0.1) is 0 Å². The molecule has 2 saturated carbocycles. The highest BCUT2D eigenvalue weighted by Gasteiger charge is 2.69. The normalized spacial score (nSPS) is 39.2. The van der Waals surface area contributed by atoms with Gasteiger partial charge in [0.25, 0.3) is 10.1 Å². The van der Waals surface area contributed by atoms with Gasteiger partial charge in [-0.05, 0) is 24.2 Å². The number of hydrogen-bond donors (Lipinski definition) is 1. The van der Waals surface area contributed by atoms with Crippen LogP contribution in [0.1, 0.15) is 26.7 Å². The number of rotatable bonds is 2. The van der Waals surface area contributed by atoms with Gasteiger partial charge in [0.05, 0.1) is 16.0 Å². The Morgan fingerprint density at radius 2 is 2.00 bits per heavy atom. The van der Waals surface area contributed by atoms with Crippen LogP contribution >= 0.6 is 15.9 Å². The van der Waals surface area contributed by atoms with Crippen molar-refractivity contribution >= 4 is 31.8 Å². The van der Waals surface area contributed by atoms with Crippen molar-refractivity contribution in [3.63, 3.8) is 0 Å². The minimum atomic E-state index is -4.12. The maximum atomic E-state index is 12.2. The average Bonchev–Trinajstić information content (AvgIpc) is 2.39. The summed E-state index contributed by atoms with van der Waals surface area (Å²) < 4.78 is 31.2. The quantitative estimate of drug-likeness (QED) is 0.598. The van der Waals surface area contributed by atoms with Crippen molar-refractivity contribution in [1.29, 1.82) is 0 Å². The third-order valence-corrected chi connectivity index (χ3v) is 6.46. The summed E-state index contributed by atoms with van der Waals surface area (Å²) in [7, 11) is -4.12. The molecule has 0 aliphatic heterocycles. The molecule has 0 spiro atoms. The molecule has 3 N–H and O–H groups in total. The van der Waals surface area contributed by atoms with Crippen LogP contribution < -0.4 is 0 Å². The topological polar surface area (TPSA) is 103 Å². The second-order valence-electron chi connectivity index (χ2n) is 5.44. The highest BCUT2D eigenvalue weighted by molar-refractivity contribution is 9.10. The summed E-state index contributed by atoms with van der Waals surface area (Å²) in [5, 5.41) is 0. The van der Waals surface area contributed by atoms with Gasteiger partial charge in [-0.25, -0.2) is 0 Å². The van der Waals surface area contributed by atoms with E-state index in [1.54, 1.807) is 0 Å². The molecule has 2 aliphatic carbocycles. The third-order valence-electron chi connectivity index (χ3n) is 4.55. The van der Waals surface area contributed by atoms with Crippen LogP contribution in [0.25, 0.3) is 0 Å². The molecule has 0 saturated heterocycles. The van der Waals surface area contributed by atoms with E-state index in [-0.39, 0.29) is 27.4 Å². The maximum absolute atomic E-state index is 12.2. The minimum absolute atomic E-state index is 0. The molecule has 100 valence electrons. The Morgan fingerprint density at radius 3 is 2.35 bits per heavy atom. The van der Waals surface area contributed by atoms with E-state index in [0.29, 0.717) is 6.42 Å². The van der Waals surface area contributed by atoms with Gasteiger partial charge >= 0.3 is 0 Å². The SMILES string of the molecule is CC1(C)C2CC[C@]1(CS(=O)(=O)O)C(=O)C2Br.O. The average molecular weight is 329 g/mol. The molecular weight excluding hydrogens is 312 g/mol. The molecule has 0 heterocycles. The second kappa shape index (κ2) is 4.01. The molecular formula is C10H17BrO5S. The van der Waals surface area contributed by atoms with Crippen LogP contribution in [-0.2, 0) is 14.9 Å². The van der Waals surface area contributed by atoms with Crippen molar-refractivity contribution in [1.82, 2.24) is 0 Å². The Kier molecular flexibility index (Phi) is 3.56. The van der Waals surface area contributed by atoms with Gasteiger partial charge in [0.15, 0.2) is 5.78 Å². The minimum Gasteiger partial charge on any atom is -0.412 e. The van der Waals surface area contributed by atoms with Gasteiger partial charge < -0.3 is 5.48 Å². The Morgan fingerprint density at radius 1 is 1.47 bits per heavy atom. The molecule has 0 aromatic carbocycles. The van der Waals surface area contributed by atoms with Crippen molar-refractivity contribution < 1.29 is 23.2 Å². The zero-order valence-electron chi connectivity index (χ0n) is 9.73. The van der Waals surface area contributed by atoms with Gasteiger partial charge in [-0.1, -0.05) is 29.8 Å². The van der Waals surface area contributed by atoms with Crippen molar-refractivity contribution in [2.75, 3.05) is 5.75 Å². The number of carbonyl (C=O) groups excluding carboxylic acids is 1. The molecule has 0 amide bonds. The number of carbonyl (C=O) groups is 1. The third kappa shape index (κ3) is 1.87. The number of hydrogen-bond acceptors (Lipinski definition) is 3. The van der Waals surface area contributed by atoms with Crippen LogP contribution in [0, 0.1) is 16.7 Å². The molecule has 0 aromatic heterocycles. The van der Waals surface area contributed by atoms with Crippen LogP contribution in [0.2, 0.25) is 0 Å². The highest BCUT2D eigenvalue weighted by Crippen LogP contribution is 2.65. The number of ketones is 1. The highest BCUT2D eigenvalue weighted by atomic mass is 79.9. The van der Waals surface area contributed by atoms with Gasteiger partial charge in [-0.2, -0.15) is 8.42 Å². The van der Waals surface area contributed by atoms with E-state index in [0.717, 1.165) is 6.42 Å². The van der Waals surface area contributed by atoms with E-state index in [1.165, 1.54) is 0 Å². The lowest BCUT2D eigenvalue weighted by molar-refractivity contribution is -0.127. The van der Waals surface area contributed by atoms with Crippen LogP contribution in [0.15, 0.2) is 0 Å². The first kappa shape index (κ1) is 15.1. The fourth-order valence-electron chi connectivity index (χ4n) is 3.48. The zero-order valence-corrected chi connectivity index (χ0v) is 12.1. The van der Waals surface area contributed by atoms with Gasteiger partial charge in [0.1, 0.15) is 0 Å². The van der Waals surface area contributed by atoms with E-state index >= 15 is 0 Å². The van der Waals surface area contributed by atoms with Crippen molar-refractivity contribution in [2.24, 2.45) is 16.7 Å². The first-order valence-electron chi connectivity index (χ1n) is 5.25. The lowest BCUT2D eigenvalue weighted by Crippen LogP contribution is -2.43. The zero-order chi connectivity index (χ0) is 12.4. The smallest absolute Gasteiger partial charge is 0.265 e. The molecule has 5 nitrogen and oxygen atoms in total. The van der Waals surface area contributed by atoms with Gasteiger partial charge in [0.2, 0.25) is 0 Å². The van der Waals surface area contributed by atoms with E-state index in [1.807, 2.05) is 13.8 Å². The molecule has 17 heavy (non-hydrogen) atoms. The standard InChI is InChI=1S/C10H15BrO4S.H2O/c1-9(2)6-3-4-10(9,5-16(13,14)15)8(12)7(6)11;/h6-7H,3-5H2,1-2H3,(H,13,14,15);1H2/t6?,7?,10-;/m0./s1. The summed E-state index contributed by atoms with van der Waals surface area (Å²) in [4.78, 5) is 11.9.